The number of nitrogens with one attached hydrogen (secondary N) is 1. The average molecular weight is 513 g/mol. The van der Waals surface area contributed by atoms with Crippen LogP contribution in [0.15, 0.2) is 46.7 Å². The van der Waals surface area contributed by atoms with E-state index in [9.17, 15) is 28.2 Å². The van der Waals surface area contributed by atoms with Gasteiger partial charge in [0.05, 0.1) is 25.5 Å². The molecular formula is C23H24ClF3N4O4. The number of methoxy groups -OCH3 is 1. The second-order valence-corrected chi connectivity index (χ2v) is 8.02. The molecule has 0 saturated carbocycles. The molecule has 0 unspecified atom stereocenters. The van der Waals surface area contributed by atoms with E-state index in [4.69, 9.17) is 16.3 Å². The minimum atomic E-state index is -1.14. The topological polar surface area (TPSA) is 107 Å². The molecule has 3 rings (SSSR count). The number of aromatic nitrogens is 1. The Morgan fingerprint density at radius 3 is 2.57 bits per heavy atom. The van der Waals surface area contributed by atoms with Gasteiger partial charge in [0.1, 0.15) is 23.4 Å². The van der Waals surface area contributed by atoms with E-state index in [0.717, 1.165) is 18.3 Å². The number of ether oxygens (including phenoxy) is 1. The number of aliphatic hydroxyl groups is 2. The number of rotatable bonds is 10. The number of pyridine rings is 1. The number of hydrogen-bond acceptors (Lipinski definition) is 8. The van der Waals surface area contributed by atoms with Gasteiger partial charge in [0.15, 0.2) is 11.7 Å². The summed E-state index contributed by atoms with van der Waals surface area (Å²) in [5, 5.41) is 21.6. The van der Waals surface area contributed by atoms with Crippen LogP contribution in [0.25, 0.3) is 0 Å². The lowest BCUT2D eigenvalue weighted by Gasteiger charge is -2.31. The van der Waals surface area contributed by atoms with Crippen LogP contribution in [-0.2, 0) is 9.53 Å². The van der Waals surface area contributed by atoms with Gasteiger partial charge < -0.3 is 20.3 Å². The number of benzene rings is 1. The molecule has 0 bridgehead atoms. The number of amidine groups is 1. The fraction of sp³-hybridized carbons (Fsp3) is 0.348. The Labute approximate surface area is 204 Å². The first-order valence-electron chi connectivity index (χ1n) is 10.7. The zero-order valence-electron chi connectivity index (χ0n) is 18.8. The summed E-state index contributed by atoms with van der Waals surface area (Å²) in [7, 11) is 1.17. The standard InChI is InChI=1S/C23H24ClF3N4O4/c1-35-23(34)19-18(12-31(6-8-33)5-2-7-32)29-22(21-17(27)10-14(26)11-28-21)30-20(19)15-4-3-13(25)9-16(15)24/h3-4,9-11,20,32-33H,2,5-8,12H2,1H3,(H,29,30)/t20-/m0/s1. The summed E-state index contributed by atoms with van der Waals surface area (Å²) < 4.78 is 46.8. The Morgan fingerprint density at radius 1 is 1.17 bits per heavy atom. The number of carbonyl (C=O) groups excluding carboxylic acids is 1. The zero-order valence-corrected chi connectivity index (χ0v) is 19.5. The van der Waals surface area contributed by atoms with Gasteiger partial charge in [0, 0.05) is 48.6 Å². The zero-order chi connectivity index (χ0) is 25.5. The first-order valence-corrected chi connectivity index (χ1v) is 11.0. The van der Waals surface area contributed by atoms with Gasteiger partial charge in [-0.25, -0.2) is 22.9 Å². The number of aliphatic imine (C=N–C) groups is 1. The molecule has 35 heavy (non-hydrogen) atoms. The molecule has 12 heteroatoms. The first-order chi connectivity index (χ1) is 16.8. The Kier molecular flexibility index (Phi) is 9.21. The maximum atomic E-state index is 14.6. The van der Waals surface area contributed by atoms with Crippen LogP contribution in [0, 0.1) is 17.5 Å². The molecule has 0 amide bonds. The highest BCUT2D eigenvalue weighted by Gasteiger charge is 2.34. The summed E-state index contributed by atoms with van der Waals surface area (Å²) in [6.45, 7) is 0.325. The van der Waals surface area contributed by atoms with Crippen molar-refractivity contribution >= 4 is 23.4 Å². The van der Waals surface area contributed by atoms with Crippen LogP contribution in [0.2, 0.25) is 5.02 Å². The highest BCUT2D eigenvalue weighted by molar-refractivity contribution is 6.31. The van der Waals surface area contributed by atoms with Gasteiger partial charge in [-0.05, 0) is 18.6 Å². The molecule has 0 spiro atoms. The monoisotopic (exact) mass is 512 g/mol. The van der Waals surface area contributed by atoms with Gasteiger partial charge in [-0.2, -0.15) is 0 Å². The molecule has 1 aliphatic rings. The molecule has 0 fully saturated rings. The van der Waals surface area contributed by atoms with Crippen molar-refractivity contribution in [1.82, 2.24) is 15.2 Å². The molecule has 2 heterocycles. The second kappa shape index (κ2) is 12.1. The smallest absolute Gasteiger partial charge is 0.338 e. The van der Waals surface area contributed by atoms with Crippen LogP contribution in [0.4, 0.5) is 13.2 Å². The van der Waals surface area contributed by atoms with Crippen molar-refractivity contribution in [2.24, 2.45) is 4.99 Å². The van der Waals surface area contributed by atoms with E-state index >= 15 is 0 Å². The third-order valence-electron chi connectivity index (χ3n) is 5.25. The van der Waals surface area contributed by atoms with Crippen LogP contribution < -0.4 is 5.32 Å². The molecule has 1 aromatic heterocycles. The molecule has 1 aliphatic heterocycles. The van der Waals surface area contributed by atoms with Crippen LogP contribution in [0.3, 0.4) is 0 Å². The van der Waals surface area contributed by atoms with E-state index in [1.54, 1.807) is 4.90 Å². The molecule has 0 radical (unpaired) electrons. The van der Waals surface area contributed by atoms with Crippen LogP contribution in [0.1, 0.15) is 23.7 Å². The van der Waals surface area contributed by atoms with Crippen LogP contribution >= 0.6 is 11.6 Å². The fourth-order valence-corrected chi connectivity index (χ4v) is 3.93. The van der Waals surface area contributed by atoms with Crippen molar-refractivity contribution in [3.63, 3.8) is 0 Å². The van der Waals surface area contributed by atoms with Crippen molar-refractivity contribution in [2.45, 2.75) is 12.5 Å². The first kappa shape index (κ1) is 26.6. The molecular weight excluding hydrogens is 489 g/mol. The molecule has 3 N–H and O–H groups in total. The molecule has 0 saturated heterocycles. The number of hydrogen-bond donors (Lipinski definition) is 3. The normalized spacial score (nSPS) is 15.8. The van der Waals surface area contributed by atoms with Gasteiger partial charge >= 0.3 is 5.97 Å². The van der Waals surface area contributed by atoms with Gasteiger partial charge in [-0.3, -0.25) is 9.89 Å². The number of esters is 1. The van der Waals surface area contributed by atoms with Crippen LogP contribution in [0.5, 0.6) is 0 Å². The third kappa shape index (κ3) is 6.37. The van der Waals surface area contributed by atoms with Gasteiger partial charge in [-0.15, -0.1) is 0 Å². The van der Waals surface area contributed by atoms with Crippen molar-refractivity contribution < 1.29 is 32.9 Å². The predicted molar refractivity (Wildman–Crippen MR) is 122 cm³/mol. The number of carbonyl (C=O) groups is 1. The Hall–Kier alpha value is -2.99. The SMILES string of the molecule is COC(=O)C1=C(CN(CCO)CCCO)NC(c2ncc(F)cc2F)=N[C@H]1c1ccc(F)cc1Cl. The van der Waals surface area contributed by atoms with E-state index in [1.165, 1.54) is 13.2 Å². The van der Waals surface area contributed by atoms with E-state index in [-0.39, 0.29) is 59.7 Å². The summed E-state index contributed by atoms with van der Waals surface area (Å²) in [4.78, 5) is 22.9. The number of aliphatic hydroxyl groups excluding tert-OH is 2. The van der Waals surface area contributed by atoms with Crippen molar-refractivity contribution in [3.05, 3.63) is 75.5 Å². The maximum absolute atomic E-state index is 14.6. The van der Waals surface area contributed by atoms with E-state index in [2.05, 4.69) is 15.3 Å². The lowest BCUT2D eigenvalue weighted by Crippen LogP contribution is -2.41. The highest BCUT2D eigenvalue weighted by Crippen LogP contribution is 2.36. The summed E-state index contributed by atoms with van der Waals surface area (Å²) in [5.41, 5.74) is 0.208. The van der Waals surface area contributed by atoms with Crippen molar-refractivity contribution in [3.8, 4) is 0 Å². The second-order valence-electron chi connectivity index (χ2n) is 7.62. The Balaban J connectivity index is 2.18. The average Bonchev–Trinajstić information content (AvgIpc) is 2.82. The molecule has 188 valence electrons. The van der Waals surface area contributed by atoms with Crippen molar-refractivity contribution in [1.29, 1.82) is 0 Å². The summed E-state index contributed by atoms with van der Waals surface area (Å²) in [5.74, 6) is -3.36. The van der Waals surface area contributed by atoms with E-state index in [1.807, 2.05) is 0 Å². The largest absolute Gasteiger partial charge is 0.466 e. The summed E-state index contributed by atoms with van der Waals surface area (Å²) in [6, 6.07) is 3.05. The summed E-state index contributed by atoms with van der Waals surface area (Å²) >= 11 is 6.28. The lowest BCUT2D eigenvalue weighted by molar-refractivity contribution is -0.136. The van der Waals surface area contributed by atoms with Gasteiger partial charge in [0.25, 0.3) is 0 Å². The Bertz CT molecular complexity index is 1150. The molecule has 1 atom stereocenters. The van der Waals surface area contributed by atoms with E-state index < -0.39 is 29.5 Å². The molecule has 1 aromatic carbocycles. The summed E-state index contributed by atoms with van der Waals surface area (Å²) in [6.07, 6.45) is 1.21. The number of nitrogens with zero attached hydrogens (tertiary/aromatic N) is 3. The number of halogens is 4. The molecule has 2 aromatic rings. The lowest BCUT2D eigenvalue weighted by atomic mass is 9.94. The minimum absolute atomic E-state index is 0.0271. The van der Waals surface area contributed by atoms with Crippen molar-refractivity contribution in [2.75, 3.05) is 40.0 Å². The molecule has 0 aliphatic carbocycles. The highest BCUT2D eigenvalue weighted by atomic mass is 35.5. The quantitative estimate of drug-likeness (QED) is 0.419. The minimum Gasteiger partial charge on any atom is -0.466 e. The predicted octanol–water partition coefficient (Wildman–Crippen LogP) is 2.35. The van der Waals surface area contributed by atoms with E-state index in [0.29, 0.717) is 19.0 Å². The van der Waals surface area contributed by atoms with Gasteiger partial charge in [0.2, 0.25) is 0 Å². The van der Waals surface area contributed by atoms with Gasteiger partial charge in [-0.1, -0.05) is 17.7 Å². The Morgan fingerprint density at radius 2 is 1.94 bits per heavy atom. The maximum Gasteiger partial charge on any atom is 0.338 e. The molecule has 8 nitrogen and oxygen atoms in total. The third-order valence-corrected chi connectivity index (χ3v) is 5.58. The van der Waals surface area contributed by atoms with Crippen LogP contribution in [-0.4, -0.2) is 71.9 Å². The fourth-order valence-electron chi connectivity index (χ4n) is 3.66.